The Morgan fingerprint density at radius 2 is 0.493 bits per heavy atom. The third-order valence-corrected chi connectivity index (χ3v) is 17.1. The molecule has 75 heavy (non-hydrogen) atoms. The van der Waals surface area contributed by atoms with Crippen LogP contribution >= 0.6 is 0 Å². The molecular weight excluding hydrogens is 903 g/mol. The van der Waals surface area contributed by atoms with Crippen molar-refractivity contribution in [3.63, 3.8) is 0 Å². The fraction of sp³-hybridized carbons (Fsp3) is 0.0270. The maximum atomic E-state index is 2.50. The highest BCUT2D eigenvalue weighted by atomic mass is 15.1. The van der Waals surface area contributed by atoms with Crippen LogP contribution in [-0.2, 0) is 10.8 Å². The molecule has 16 rings (SSSR count). The topological polar surface area (TPSA) is 3.24 Å². The third kappa shape index (κ3) is 5.62. The molecule has 0 radical (unpaired) electrons. The van der Waals surface area contributed by atoms with Crippen LogP contribution in [0.2, 0.25) is 0 Å². The second kappa shape index (κ2) is 16.0. The number of benzene rings is 12. The molecule has 12 aromatic carbocycles. The molecule has 0 fully saturated rings. The predicted molar refractivity (Wildman–Crippen MR) is 310 cm³/mol. The van der Waals surface area contributed by atoms with Crippen LogP contribution in [0, 0.1) is 0 Å². The first-order chi connectivity index (χ1) is 37.2. The summed E-state index contributed by atoms with van der Waals surface area (Å²) in [6, 6.07) is 107. The molecule has 1 heteroatoms. The van der Waals surface area contributed by atoms with Gasteiger partial charge in [-0.15, -0.1) is 0 Å². The van der Waals surface area contributed by atoms with E-state index < -0.39 is 10.8 Å². The van der Waals surface area contributed by atoms with Gasteiger partial charge in [0, 0.05) is 16.9 Å². The van der Waals surface area contributed by atoms with E-state index in [-0.39, 0.29) is 0 Å². The van der Waals surface area contributed by atoms with Gasteiger partial charge in [-0.05, 0) is 147 Å². The van der Waals surface area contributed by atoms with E-state index in [1.165, 1.54) is 122 Å². The molecule has 348 valence electrons. The quantitative estimate of drug-likeness (QED) is 0.166. The SMILES string of the molecule is c1ccc(-c2ccc(N(c3ccc(-c4cccc5c4-c4ccccc4C54c5ccccc5-c5ccccc5-c5ccccc54)cc3)c3cccc4c3-c3ccccc3C43c4ccccc4-c4ccccc43)cc2)cc1. The lowest BCUT2D eigenvalue weighted by atomic mass is 9.66. The number of fused-ring (bicyclic) bond motifs is 22. The second-order valence-electron chi connectivity index (χ2n) is 20.5. The zero-order chi connectivity index (χ0) is 49.2. The summed E-state index contributed by atoms with van der Waals surface area (Å²) in [6.07, 6.45) is 0. The first-order valence-electron chi connectivity index (χ1n) is 26.3. The Morgan fingerprint density at radius 3 is 0.973 bits per heavy atom. The highest BCUT2D eigenvalue weighted by molar-refractivity contribution is 6.03. The van der Waals surface area contributed by atoms with Crippen LogP contribution in [0.3, 0.4) is 0 Å². The Labute approximate surface area is 438 Å². The average Bonchev–Trinajstić information content (AvgIpc) is 4.07. The van der Waals surface area contributed by atoms with Gasteiger partial charge in [0.15, 0.2) is 0 Å². The van der Waals surface area contributed by atoms with E-state index in [2.05, 4.69) is 290 Å². The Hall–Kier alpha value is -9.56. The van der Waals surface area contributed by atoms with Crippen molar-refractivity contribution in [2.75, 3.05) is 4.90 Å². The number of nitrogens with zero attached hydrogens (tertiary/aromatic N) is 1. The van der Waals surface area contributed by atoms with Crippen LogP contribution in [0.15, 0.2) is 285 Å². The predicted octanol–water partition coefficient (Wildman–Crippen LogP) is 18.8. The van der Waals surface area contributed by atoms with Crippen molar-refractivity contribution < 1.29 is 0 Å². The molecule has 0 atom stereocenters. The van der Waals surface area contributed by atoms with E-state index >= 15 is 0 Å². The van der Waals surface area contributed by atoms with Gasteiger partial charge in [-0.25, -0.2) is 0 Å². The van der Waals surface area contributed by atoms with Crippen molar-refractivity contribution in [2.24, 2.45) is 0 Å². The summed E-state index contributed by atoms with van der Waals surface area (Å²) >= 11 is 0. The van der Waals surface area contributed by atoms with Gasteiger partial charge in [0.25, 0.3) is 0 Å². The van der Waals surface area contributed by atoms with Gasteiger partial charge < -0.3 is 4.90 Å². The minimum absolute atomic E-state index is 0.454. The molecule has 0 bridgehead atoms. The van der Waals surface area contributed by atoms with Gasteiger partial charge >= 0.3 is 0 Å². The van der Waals surface area contributed by atoms with E-state index in [1.807, 2.05) is 0 Å². The summed E-state index contributed by atoms with van der Waals surface area (Å²) in [7, 11) is 0. The molecule has 4 aliphatic rings. The fourth-order valence-electron chi connectivity index (χ4n) is 14.3. The van der Waals surface area contributed by atoms with Crippen molar-refractivity contribution in [1.29, 1.82) is 0 Å². The van der Waals surface area contributed by atoms with Gasteiger partial charge in [-0.3, -0.25) is 0 Å². The number of rotatable bonds is 5. The average molecular weight is 950 g/mol. The summed E-state index contributed by atoms with van der Waals surface area (Å²) < 4.78 is 0. The summed E-state index contributed by atoms with van der Waals surface area (Å²) in [6.45, 7) is 0. The number of anilines is 3. The fourth-order valence-corrected chi connectivity index (χ4v) is 14.3. The summed E-state index contributed by atoms with van der Waals surface area (Å²) in [5.74, 6) is 0. The molecule has 0 N–H and O–H groups in total. The minimum atomic E-state index is -0.543. The maximum absolute atomic E-state index is 2.50. The van der Waals surface area contributed by atoms with Crippen LogP contribution in [0.5, 0.6) is 0 Å². The van der Waals surface area contributed by atoms with Crippen molar-refractivity contribution in [1.82, 2.24) is 0 Å². The molecule has 0 saturated heterocycles. The smallest absolute Gasteiger partial charge is 0.0726 e. The van der Waals surface area contributed by atoms with Crippen LogP contribution in [0.25, 0.3) is 77.9 Å². The van der Waals surface area contributed by atoms with Crippen molar-refractivity contribution in [2.45, 2.75) is 10.8 Å². The summed E-state index contributed by atoms with van der Waals surface area (Å²) in [5.41, 5.74) is 30.6. The van der Waals surface area contributed by atoms with Crippen LogP contribution in [0.4, 0.5) is 17.1 Å². The molecule has 0 heterocycles. The second-order valence-corrected chi connectivity index (χ2v) is 20.5. The van der Waals surface area contributed by atoms with E-state index in [4.69, 9.17) is 0 Å². The molecule has 2 spiro atoms. The van der Waals surface area contributed by atoms with Gasteiger partial charge in [-0.2, -0.15) is 0 Å². The monoisotopic (exact) mass is 949 g/mol. The minimum Gasteiger partial charge on any atom is -0.310 e. The van der Waals surface area contributed by atoms with Gasteiger partial charge in [0.05, 0.1) is 16.5 Å². The maximum Gasteiger partial charge on any atom is 0.0726 e. The van der Waals surface area contributed by atoms with Gasteiger partial charge in [0.2, 0.25) is 0 Å². The Morgan fingerprint density at radius 1 is 0.187 bits per heavy atom. The van der Waals surface area contributed by atoms with E-state index in [1.54, 1.807) is 0 Å². The van der Waals surface area contributed by atoms with E-state index in [9.17, 15) is 0 Å². The van der Waals surface area contributed by atoms with Crippen LogP contribution < -0.4 is 4.90 Å². The zero-order valence-electron chi connectivity index (χ0n) is 41.1. The van der Waals surface area contributed by atoms with E-state index in [0.717, 1.165) is 17.1 Å². The molecule has 12 aromatic rings. The molecule has 0 amide bonds. The largest absolute Gasteiger partial charge is 0.310 e. The lowest BCUT2D eigenvalue weighted by Crippen LogP contribution is -2.29. The third-order valence-electron chi connectivity index (χ3n) is 17.1. The Bertz CT molecular complexity index is 4180. The van der Waals surface area contributed by atoms with Crippen LogP contribution in [-0.4, -0.2) is 0 Å². The first-order valence-corrected chi connectivity index (χ1v) is 26.3. The number of hydrogen-bond donors (Lipinski definition) is 0. The van der Waals surface area contributed by atoms with Crippen LogP contribution in [0.1, 0.15) is 44.5 Å². The molecule has 0 saturated carbocycles. The lowest BCUT2D eigenvalue weighted by molar-refractivity contribution is 0.775. The standard InChI is InChI=1S/C74H47N/c1-2-20-48(21-3-1)49-40-44-51(45-41-49)75(70-39-19-38-69-72(70)61-29-11-17-36-67(61)74(69)64-33-14-8-26-58(64)59-27-9-15-34-65(59)74)52-46-42-50(43-47-52)53-30-18-37-68-71(53)60-28-10-16-35-66(60)73(68)62-31-12-6-24-56(62)54-22-4-5-23-55(54)57-25-7-13-32-63(57)73/h1-47H. The summed E-state index contributed by atoms with van der Waals surface area (Å²) in [5, 5.41) is 0. The lowest BCUT2D eigenvalue weighted by Gasteiger charge is -2.35. The van der Waals surface area contributed by atoms with E-state index in [0.29, 0.717) is 0 Å². The number of hydrogen-bond acceptors (Lipinski definition) is 1. The molecule has 1 nitrogen and oxygen atoms in total. The Kier molecular flexibility index (Phi) is 8.94. The van der Waals surface area contributed by atoms with Gasteiger partial charge in [0.1, 0.15) is 0 Å². The summed E-state index contributed by atoms with van der Waals surface area (Å²) in [4.78, 5) is 2.50. The molecular formula is C74H47N. The first kappa shape index (κ1) is 42.0. The Balaban J connectivity index is 0.900. The van der Waals surface area contributed by atoms with Crippen molar-refractivity contribution >= 4 is 17.1 Å². The normalized spacial score (nSPS) is 13.8. The molecule has 0 unspecified atom stereocenters. The highest BCUT2D eigenvalue weighted by Crippen LogP contribution is 2.66. The van der Waals surface area contributed by atoms with Crippen molar-refractivity contribution in [3.05, 3.63) is 330 Å². The molecule has 0 aromatic heterocycles. The van der Waals surface area contributed by atoms with Crippen molar-refractivity contribution in [3.8, 4) is 77.9 Å². The van der Waals surface area contributed by atoms with Gasteiger partial charge in [-0.1, -0.05) is 255 Å². The zero-order valence-corrected chi connectivity index (χ0v) is 41.1. The highest BCUT2D eigenvalue weighted by Gasteiger charge is 2.53. The molecule has 0 aliphatic heterocycles. The molecule has 4 aliphatic carbocycles.